The number of aryl methyl sites for hydroxylation is 1. The Morgan fingerprint density at radius 3 is 1.45 bits per heavy atom. The number of allylic oxidation sites excluding steroid dienone is 6. The molecule has 0 aromatic heterocycles. The molecule has 322 valence electrons. The van der Waals surface area contributed by atoms with E-state index < -0.39 is 11.9 Å². The molecule has 3 heteroatoms. The summed E-state index contributed by atoms with van der Waals surface area (Å²) >= 11 is 0. The van der Waals surface area contributed by atoms with Crippen LogP contribution in [-0.4, -0.2) is 11.9 Å². The van der Waals surface area contributed by atoms with Crippen molar-refractivity contribution < 1.29 is 14.3 Å². The molecule has 0 saturated carbocycles. The molecule has 4 aliphatic carbocycles. The minimum absolute atomic E-state index is 0.188. The summed E-state index contributed by atoms with van der Waals surface area (Å²) in [4.78, 5) is 25.8. The van der Waals surface area contributed by atoms with Crippen LogP contribution in [0, 0.1) is 6.92 Å². The quantitative estimate of drug-likeness (QED) is 0.101. The van der Waals surface area contributed by atoms with Crippen molar-refractivity contribution in [3.63, 3.8) is 0 Å². The fourth-order valence-corrected chi connectivity index (χ4v) is 11.0. The van der Waals surface area contributed by atoms with E-state index in [1.54, 1.807) is 0 Å². The van der Waals surface area contributed by atoms with Crippen LogP contribution in [0.15, 0.2) is 103 Å². The molecule has 0 aliphatic heterocycles. The Labute approximate surface area is 372 Å². The van der Waals surface area contributed by atoms with Gasteiger partial charge in [0.15, 0.2) is 0 Å². The van der Waals surface area contributed by atoms with Crippen LogP contribution in [0.25, 0.3) is 22.3 Å². The summed E-state index contributed by atoms with van der Waals surface area (Å²) in [6, 6.07) is 29.1. The molecule has 4 aliphatic rings. The van der Waals surface area contributed by atoms with Crippen LogP contribution in [0.2, 0.25) is 0 Å². The average molecular weight is 825 g/mol. The van der Waals surface area contributed by atoms with Crippen LogP contribution in [-0.2, 0) is 36.0 Å². The number of carbonyl (C=O) groups is 2. The summed E-state index contributed by atoms with van der Waals surface area (Å²) in [5.41, 5.74) is 19.8. The van der Waals surface area contributed by atoms with E-state index in [1.807, 2.05) is 13.8 Å². The molecule has 0 N–H and O–H groups in total. The number of ether oxygens (including phenoxy) is 1. The first kappa shape index (κ1) is 43.6. The highest BCUT2D eigenvalue weighted by Crippen LogP contribution is 2.50. The summed E-state index contributed by atoms with van der Waals surface area (Å²) in [5, 5.41) is 0. The van der Waals surface area contributed by atoms with Crippen molar-refractivity contribution in [2.75, 3.05) is 0 Å². The maximum Gasteiger partial charge on any atom is 0.338 e. The van der Waals surface area contributed by atoms with E-state index in [0.717, 1.165) is 48.0 Å². The molecule has 8 rings (SSSR count). The van der Waals surface area contributed by atoms with Crippen molar-refractivity contribution >= 4 is 34.2 Å². The fourth-order valence-electron chi connectivity index (χ4n) is 11.0. The third kappa shape index (κ3) is 8.66. The van der Waals surface area contributed by atoms with Gasteiger partial charge in [-0.25, -0.2) is 9.59 Å². The van der Waals surface area contributed by atoms with Gasteiger partial charge in [0, 0.05) is 24.0 Å². The molecule has 4 aromatic carbocycles. The van der Waals surface area contributed by atoms with Crippen molar-refractivity contribution in [1.29, 1.82) is 0 Å². The maximum absolute atomic E-state index is 12.9. The zero-order valence-corrected chi connectivity index (χ0v) is 39.4. The van der Waals surface area contributed by atoms with E-state index in [0.29, 0.717) is 11.8 Å². The van der Waals surface area contributed by atoms with Crippen molar-refractivity contribution in [2.24, 2.45) is 0 Å². The molecular formula is C59H68O3. The smallest absolute Gasteiger partial charge is 0.338 e. The lowest BCUT2D eigenvalue weighted by atomic mass is 9.62. The van der Waals surface area contributed by atoms with Gasteiger partial charge in [-0.2, -0.15) is 0 Å². The zero-order chi connectivity index (χ0) is 44.4. The van der Waals surface area contributed by atoms with Crippen LogP contribution in [0.5, 0.6) is 0 Å². The molecule has 4 aromatic rings. The van der Waals surface area contributed by atoms with Crippen molar-refractivity contribution in [3.8, 4) is 0 Å². The van der Waals surface area contributed by atoms with Gasteiger partial charge in [-0.3, -0.25) is 0 Å². The highest BCUT2D eigenvalue weighted by molar-refractivity contribution is 6.02. The number of rotatable bonds is 8. The summed E-state index contributed by atoms with van der Waals surface area (Å²) in [6.45, 7) is 25.2. The Morgan fingerprint density at radius 1 is 0.532 bits per heavy atom. The van der Waals surface area contributed by atoms with Gasteiger partial charge in [0.2, 0.25) is 0 Å². The summed E-state index contributed by atoms with van der Waals surface area (Å²) in [5.74, 6) is -0.613. The molecule has 2 unspecified atom stereocenters. The van der Waals surface area contributed by atoms with Gasteiger partial charge < -0.3 is 4.74 Å². The average Bonchev–Trinajstić information content (AvgIpc) is 3.93. The highest BCUT2D eigenvalue weighted by Gasteiger charge is 2.39. The highest BCUT2D eigenvalue weighted by atomic mass is 16.6. The molecule has 0 fully saturated rings. The summed E-state index contributed by atoms with van der Waals surface area (Å²) in [6.07, 6.45) is 16.9. The first-order valence-corrected chi connectivity index (χ1v) is 23.3. The van der Waals surface area contributed by atoms with Gasteiger partial charge in [-0.05, 0) is 177 Å². The third-order valence-corrected chi connectivity index (χ3v) is 15.5. The number of hydrogen-bond donors (Lipinski definition) is 0. The third-order valence-electron chi connectivity index (χ3n) is 15.5. The first-order valence-electron chi connectivity index (χ1n) is 23.3. The van der Waals surface area contributed by atoms with Gasteiger partial charge in [-0.1, -0.05) is 146 Å². The van der Waals surface area contributed by atoms with E-state index in [1.165, 1.54) is 99.1 Å². The SMILES string of the molecule is CC(=CC(=O)OC(=O)C=C(C)c1ccc(C2C=C(c3cc4c(cc3C)C(C)(C)CCC4(C)C)CC2)cc1)c1ccc(C2C=C(c3ccc4c(c3)C(C)(C)CCC4(C)C)CC2)cc1. The van der Waals surface area contributed by atoms with E-state index in [4.69, 9.17) is 4.74 Å². The van der Waals surface area contributed by atoms with Crippen LogP contribution >= 0.6 is 0 Å². The molecule has 3 nitrogen and oxygen atoms in total. The predicted octanol–water partition coefficient (Wildman–Crippen LogP) is 15.2. The molecule has 62 heavy (non-hydrogen) atoms. The molecule has 0 heterocycles. The Hall–Kier alpha value is -5.02. The molecule has 0 saturated heterocycles. The lowest BCUT2D eigenvalue weighted by Crippen LogP contribution is -2.34. The lowest BCUT2D eigenvalue weighted by molar-refractivity contribution is -0.152. The topological polar surface area (TPSA) is 43.4 Å². The van der Waals surface area contributed by atoms with Gasteiger partial charge in [-0.15, -0.1) is 0 Å². The Morgan fingerprint density at radius 2 is 0.952 bits per heavy atom. The molecule has 0 radical (unpaired) electrons. The largest absolute Gasteiger partial charge is 0.387 e. The van der Waals surface area contributed by atoms with Gasteiger partial charge in [0.05, 0.1) is 0 Å². The molecule has 0 amide bonds. The monoisotopic (exact) mass is 825 g/mol. The molecule has 0 bridgehead atoms. The number of carbonyl (C=O) groups excluding carboxylic acids is 2. The first-order chi connectivity index (χ1) is 29.2. The standard InChI is InChI=1S/C59H68O3/c1-37(40-12-16-42(17-13-40)44-20-21-46(33-44)47-24-25-50-52(35-47)58(8,9)27-26-56(50,4)5)31-54(60)62-55(61)32-38(2)41-14-18-43(19-15-41)45-22-23-48(34-45)49-36-53-51(30-39(49)3)57(6,7)28-29-59(53,10)11/h12-19,24-25,30-36,44-45H,20-23,26-29H2,1-11H3. The van der Waals surface area contributed by atoms with Crippen molar-refractivity contribution in [3.05, 3.63) is 164 Å². The zero-order valence-electron chi connectivity index (χ0n) is 39.4. The summed E-state index contributed by atoms with van der Waals surface area (Å²) < 4.78 is 5.23. The Balaban J connectivity index is 0.872. The van der Waals surface area contributed by atoms with E-state index in [9.17, 15) is 9.59 Å². The van der Waals surface area contributed by atoms with Gasteiger partial charge in [0.1, 0.15) is 0 Å². The number of hydrogen-bond acceptors (Lipinski definition) is 3. The van der Waals surface area contributed by atoms with Crippen molar-refractivity contribution in [1.82, 2.24) is 0 Å². The maximum atomic E-state index is 12.9. The predicted molar refractivity (Wildman–Crippen MR) is 259 cm³/mol. The van der Waals surface area contributed by atoms with E-state index in [-0.39, 0.29) is 21.7 Å². The second-order valence-corrected chi connectivity index (χ2v) is 21.8. The second kappa shape index (κ2) is 16.3. The number of benzene rings is 4. The number of fused-ring (bicyclic) bond motifs is 2. The number of esters is 2. The van der Waals surface area contributed by atoms with Crippen LogP contribution in [0.3, 0.4) is 0 Å². The minimum Gasteiger partial charge on any atom is -0.387 e. The van der Waals surface area contributed by atoms with Crippen LogP contribution < -0.4 is 0 Å². The Bertz CT molecular complexity index is 2540. The Kier molecular flexibility index (Phi) is 11.4. The fraction of sp³-hybridized carbons (Fsp3) is 0.424. The van der Waals surface area contributed by atoms with Gasteiger partial charge in [0.25, 0.3) is 0 Å². The molecule has 0 spiro atoms. The van der Waals surface area contributed by atoms with Gasteiger partial charge >= 0.3 is 11.9 Å². The van der Waals surface area contributed by atoms with Crippen LogP contribution in [0.1, 0.15) is 194 Å². The molecule has 2 atom stereocenters. The van der Waals surface area contributed by atoms with E-state index in [2.05, 4.69) is 153 Å². The normalized spacial score (nSPS) is 22.3. The molecular weight excluding hydrogens is 757 g/mol. The van der Waals surface area contributed by atoms with E-state index >= 15 is 0 Å². The lowest BCUT2D eigenvalue weighted by Gasteiger charge is -2.42. The second-order valence-electron chi connectivity index (χ2n) is 21.8. The summed E-state index contributed by atoms with van der Waals surface area (Å²) in [7, 11) is 0. The van der Waals surface area contributed by atoms with Crippen molar-refractivity contribution in [2.45, 2.75) is 161 Å². The minimum atomic E-state index is -0.666. The van der Waals surface area contributed by atoms with Crippen LogP contribution in [0.4, 0.5) is 0 Å².